The first-order valence-corrected chi connectivity index (χ1v) is 5.31. The van der Waals surface area contributed by atoms with Crippen molar-refractivity contribution < 1.29 is 9.53 Å². The average Bonchev–Trinajstić information content (AvgIpc) is 2.39. The van der Waals surface area contributed by atoms with E-state index >= 15 is 0 Å². The lowest BCUT2D eigenvalue weighted by Crippen LogP contribution is -1.91. The minimum atomic E-state index is 0.0697. The Morgan fingerprint density at radius 1 is 1.12 bits per heavy atom. The van der Waals surface area contributed by atoms with Gasteiger partial charge >= 0.3 is 0 Å². The van der Waals surface area contributed by atoms with Crippen molar-refractivity contribution in [3.8, 4) is 16.9 Å². The third-order valence-electron chi connectivity index (χ3n) is 2.57. The smallest absolute Gasteiger partial charge is 0.159 e. The van der Waals surface area contributed by atoms with Crippen LogP contribution in [0.25, 0.3) is 11.1 Å². The van der Waals surface area contributed by atoms with Gasteiger partial charge in [-0.1, -0.05) is 24.3 Å². The fraction of sp³-hybridized carbons (Fsp3) is 0.143. The topological polar surface area (TPSA) is 39.2 Å². The van der Waals surface area contributed by atoms with Gasteiger partial charge in [0.05, 0.1) is 13.3 Å². The van der Waals surface area contributed by atoms with Crippen molar-refractivity contribution in [1.82, 2.24) is 4.98 Å². The molecule has 2 rings (SSSR count). The summed E-state index contributed by atoms with van der Waals surface area (Å²) in [5, 5.41) is 0. The second-order valence-corrected chi connectivity index (χ2v) is 3.75. The molecule has 3 heteroatoms. The van der Waals surface area contributed by atoms with E-state index in [2.05, 4.69) is 4.98 Å². The maximum Gasteiger partial charge on any atom is 0.159 e. The Balaban J connectivity index is 2.36. The molecule has 0 fully saturated rings. The molecule has 17 heavy (non-hydrogen) atoms. The van der Waals surface area contributed by atoms with E-state index in [4.69, 9.17) is 4.74 Å². The number of Topliss-reactive ketones (excluding diaryl/α,β-unsaturated/α-hetero) is 1. The van der Waals surface area contributed by atoms with Crippen molar-refractivity contribution >= 4 is 5.78 Å². The molecule has 0 aliphatic carbocycles. The van der Waals surface area contributed by atoms with Gasteiger partial charge in [0, 0.05) is 17.3 Å². The van der Waals surface area contributed by atoms with E-state index in [1.165, 1.54) is 0 Å². The highest BCUT2D eigenvalue weighted by molar-refractivity contribution is 5.94. The molecule has 86 valence electrons. The lowest BCUT2D eigenvalue weighted by atomic mass is 10.0. The highest BCUT2D eigenvalue weighted by atomic mass is 16.5. The van der Waals surface area contributed by atoms with Gasteiger partial charge in [0.15, 0.2) is 5.78 Å². The number of carbonyl (C=O) groups is 1. The maximum absolute atomic E-state index is 11.2. The molecule has 0 saturated carbocycles. The molecule has 1 heterocycles. The van der Waals surface area contributed by atoms with Gasteiger partial charge in [-0.2, -0.15) is 0 Å². The number of hydrogen-bond acceptors (Lipinski definition) is 3. The molecule has 0 N–H and O–H groups in total. The molecule has 3 nitrogen and oxygen atoms in total. The van der Waals surface area contributed by atoms with Gasteiger partial charge in [0.1, 0.15) is 5.75 Å². The molecule has 0 bridgehead atoms. The first-order chi connectivity index (χ1) is 8.20. The molecule has 0 aliphatic rings. The van der Waals surface area contributed by atoms with Crippen LogP contribution in [0.1, 0.15) is 17.3 Å². The quantitative estimate of drug-likeness (QED) is 0.757. The van der Waals surface area contributed by atoms with Crippen LogP contribution in [0.3, 0.4) is 0 Å². The Labute approximate surface area is 100 Å². The average molecular weight is 227 g/mol. The minimum Gasteiger partial charge on any atom is -0.495 e. The molecule has 2 aromatic rings. The van der Waals surface area contributed by atoms with Crippen LogP contribution < -0.4 is 4.74 Å². The number of hydrogen-bond donors (Lipinski definition) is 0. The molecule has 1 aromatic heterocycles. The SMILES string of the molecule is COc1cncc(-c2ccc(C(C)=O)cc2)c1. The van der Waals surface area contributed by atoms with Crippen molar-refractivity contribution in [2.75, 3.05) is 7.11 Å². The van der Waals surface area contributed by atoms with Gasteiger partial charge in [-0.3, -0.25) is 9.78 Å². The highest BCUT2D eigenvalue weighted by Gasteiger charge is 2.02. The van der Waals surface area contributed by atoms with E-state index in [-0.39, 0.29) is 5.78 Å². The zero-order valence-electron chi connectivity index (χ0n) is 9.81. The normalized spacial score (nSPS) is 10.0. The summed E-state index contributed by atoms with van der Waals surface area (Å²) < 4.78 is 5.12. The van der Waals surface area contributed by atoms with E-state index in [9.17, 15) is 4.79 Å². The largest absolute Gasteiger partial charge is 0.495 e. The van der Waals surface area contributed by atoms with Crippen molar-refractivity contribution in [2.45, 2.75) is 6.92 Å². The summed E-state index contributed by atoms with van der Waals surface area (Å²) in [6.07, 6.45) is 3.43. The number of methoxy groups -OCH3 is 1. The number of ether oxygens (including phenoxy) is 1. The summed E-state index contributed by atoms with van der Waals surface area (Å²) in [6.45, 7) is 1.56. The summed E-state index contributed by atoms with van der Waals surface area (Å²) in [5.74, 6) is 0.790. The van der Waals surface area contributed by atoms with Crippen molar-refractivity contribution in [2.24, 2.45) is 0 Å². The van der Waals surface area contributed by atoms with Gasteiger partial charge in [-0.25, -0.2) is 0 Å². The number of rotatable bonds is 3. The Kier molecular flexibility index (Phi) is 3.19. The first-order valence-electron chi connectivity index (χ1n) is 5.31. The molecule has 0 atom stereocenters. The Morgan fingerprint density at radius 2 is 1.82 bits per heavy atom. The lowest BCUT2D eigenvalue weighted by molar-refractivity contribution is 0.101. The molecular formula is C14H13NO2. The van der Waals surface area contributed by atoms with E-state index < -0.39 is 0 Å². The fourth-order valence-electron chi connectivity index (χ4n) is 1.59. The number of carbonyl (C=O) groups excluding carboxylic acids is 1. The molecule has 1 aromatic carbocycles. The van der Waals surface area contributed by atoms with Gasteiger partial charge < -0.3 is 4.74 Å². The summed E-state index contributed by atoms with van der Waals surface area (Å²) in [6, 6.07) is 9.37. The van der Waals surface area contributed by atoms with Crippen LogP contribution in [0.2, 0.25) is 0 Å². The van der Waals surface area contributed by atoms with Crippen LogP contribution in [0.5, 0.6) is 5.75 Å². The maximum atomic E-state index is 11.2. The molecular weight excluding hydrogens is 214 g/mol. The standard InChI is InChI=1S/C14H13NO2/c1-10(16)11-3-5-12(6-4-11)13-7-14(17-2)9-15-8-13/h3-9H,1-2H3. The molecule has 0 radical (unpaired) electrons. The predicted octanol–water partition coefficient (Wildman–Crippen LogP) is 2.96. The zero-order chi connectivity index (χ0) is 12.3. The summed E-state index contributed by atoms with van der Waals surface area (Å²) >= 11 is 0. The first kappa shape index (κ1) is 11.3. The number of benzene rings is 1. The molecule has 0 saturated heterocycles. The van der Waals surface area contributed by atoms with E-state index in [0.29, 0.717) is 5.56 Å². The number of nitrogens with zero attached hydrogens (tertiary/aromatic N) is 1. The number of aromatic nitrogens is 1. The molecule has 0 aliphatic heterocycles. The molecule has 0 unspecified atom stereocenters. The second kappa shape index (κ2) is 4.78. The number of ketones is 1. The monoisotopic (exact) mass is 227 g/mol. The third kappa shape index (κ3) is 2.50. The zero-order valence-corrected chi connectivity index (χ0v) is 9.81. The Hall–Kier alpha value is -2.16. The fourth-order valence-corrected chi connectivity index (χ4v) is 1.59. The second-order valence-electron chi connectivity index (χ2n) is 3.75. The van der Waals surface area contributed by atoms with Gasteiger partial charge in [-0.05, 0) is 18.6 Å². The predicted molar refractivity (Wildman–Crippen MR) is 66.2 cm³/mol. The lowest BCUT2D eigenvalue weighted by Gasteiger charge is -2.04. The van der Waals surface area contributed by atoms with Gasteiger partial charge in [0.25, 0.3) is 0 Å². The minimum absolute atomic E-state index is 0.0697. The third-order valence-corrected chi connectivity index (χ3v) is 2.57. The van der Waals surface area contributed by atoms with Crippen molar-refractivity contribution in [3.05, 3.63) is 48.3 Å². The summed E-state index contributed by atoms with van der Waals surface area (Å²) in [4.78, 5) is 15.3. The highest BCUT2D eigenvalue weighted by Crippen LogP contribution is 2.22. The number of pyridine rings is 1. The van der Waals surface area contributed by atoms with Crippen LogP contribution in [-0.4, -0.2) is 17.9 Å². The molecule has 0 amide bonds. The van der Waals surface area contributed by atoms with Crippen LogP contribution >= 0.6 is 0 Å². The Bertz CT molecular complexity index is 532. The summed E-state index contributed by atoms with van der Waals surface area (Å²) in [5.41, 5.74) is 2.70. The summed E-state index contributed by atoms with van der Waals surface area (Å²) in [7, 11) is 1.61. The van der Waals surface area contributed by atoms with Gasteiger partial charge in [-0.15, -0.1) is 0 Å². The van der Waals surface area contributed by atoms with Crippen LogP contribution in [0.15, 0.2) is 42.7 Å². The van der Waals surface area contributed by atoms with Gasteiger partial charge in [0.2, 0.25) is 0 Å². The van der Waals surface area contributed by atoms with E-state index in [0.717, 1.165) is 16.9 Å². The van der Waals surface area contributed by atoms with Crippen molar-refractivity contribution in [1.29, 1.82) is 0 Å². The Morgan fingerprint density at radius 3 is 2.41 bits per heavy atom. The molecule has 0 spiro atoms. The van der Waals surface area contributed by atoms with Crippen LogP contribution in [0.4, 0.5) is 0 Å². The van der Waals surface area contributed by atoms with E-state index in [1.807, 2.05) is 30.3 Å². The van der Waals surface area contributed by atoms with Crippen molar-refractivity contribution in [3.63, 3.8) is 0 Å². The van der Waals surface area contributed by atoms with E-state index in [1.54, 1.807) is 26.4 Å². The van der Waals surface area contributed by atoms with Crippen LogP contribution in [0, 0.1) is 0 Å². The van der Waals surface area contributed by atoms with Crippen LogP contribution in [-0.2, 0) is 0 Å².